The quantitative estimate of drug-likeness (QED) is 0.766. The van der Waals surface area contributed by atoms with Gasteiger partial charge in [-0.25, -0.2) is 0 Å². The predicted octanol–water partition coefficient (Wildman–Crippen LogP) is 3.11. The van der Waals surface area contributed by atoms with Crippen molar-refractivity contribution in [3.8, 4) is 0 Å². The molecule has 0 radical (unpaired) electrons. The predicted molar refractivity (Wildman–Crippen MR) is 85.0 cm³/mol. The molecule has 2 aromatic carbocycles. The Balaban J connectivity index is 1.96. The number of aromatic nitrogens is 1. The number of benzene rings is 2. The maximum atomic E-state index is 11.0. The lowest BCUT2D eigenvalue weighted by atomic mass is 10.1. The fourth-order valence-corrected chi connectivity index (χ4v) is 2.69. The van der Waals surface area contributed by atoms with Gasteiger partial charge in [0, 0.05) is 30.1 Å². The van der Waals surface area contributed by atoms with Crippen LogP contribution in [0.1, 0.15) is 17.5 Å². The number of para-hydroxylation sites is 1. The van der Waals surface area contributed by atoms with E-state index in [1.165, 1.54) is 22.0 Å². The fourth-order valence-electron chi connectivity index (χ4n) is 2.69. The summed E-state index contributed by atoms with van der Waals surface area (Å²) >= 11 is 0. The Hall–Kier alpha value is -2.55. The summed E-state index contributed by atoms with van der Waals surface area (Å²) in [6, 6.07) is 18.7. The van der Waals surface area contributed by atoms with Gasteiger partial charge in [-0.2, -0.15) is 0 Å². The molecule has 3 heteroatoms. The highest BCUT2D eigenvalue weighted by Crippen LogP contribution is 2.23. The van der Waals surface area contributed by atoms with Gasteiger partial charge in [0.25, 0.3) is 0 Å². The Kier molecular flexibility index (Phi) is 3.73. The Morgan fingerprint density at radius 1 is 1.00 bits per heavy atom. The summed E-state index contributed by atoms with van der Waals surface area (Å²) in [5, 5.41) is 1.20. The first-order valence-electron chi connectivity index (χ1n) is 7.13. The molecular formula is C18H18N2O. The van der Waals surface area contributed by atoms with E-state index < -0.39 is 0 Å². The summed E-state index contributed by atoms with van der Waals surface area (Å²) in [6.45, 7) is 0.831. The van der Waals surface area contributed by atoms with Crippen LogP contribution in [0.5, 0.6) is 0 Å². The highest BCUT2D eigenvalue weighted by atomic mass is 16.1. The first kappa shape index (κ1) is 13.4. The molecule has 0 fully saturated rings. The lowest BCUT2D eigenvalue weighted by Crippen LogP contribution is -2.11. The fraction of sp³-hybridized carbons (Fsp3) is 0.167. The van der Waals surface area contributed by atoms with Gasteiger partial charge in [-0.15, -0.1) is 0 Å². The molecule has 1 heterocycles. The Morgan fingerprint density at radius 3 is 2.48 bits per heavy atom. The Labute approximate surface area is 124 Å². The Morgan fingerprint density at radius 2 is 1.71 bits per heavy atom. The van der Waals surface area contributed by atoms with Crippen LogP contribution in [0.3, 0.4) is 0 Å². The summed E-state index contributed by atoms with van der Waals surface area (Å²) in [7, 11) is 0. The molecule has 21 heavy (non-hydrogen) atoms. The molecule has 0 aliphatic heterocycles. The largest absolute Gasteiger partial charge is 0.370 e. The van der Waals surface area contributed by atoms with Gasteiger partial charge in [0.15, 0.2) is 0 Å². The number of fused-ring (bicyclic) bond motifs is 1. The molecule has 0 bridgehead atoms. The van der Waals surface area contributed by atoms with Gasteiger partial charge in [-0.05, 0) is 23.6 Å². The lowest BCUT2D eigenvalue weighted by Gasteiger charge is -2.05. The van der Waals surface area contributed by atoms with Gasteiger partial charge in [0.1, 0.15) is 0 Å². The number of aryl methyl sites for hydroxylation is 1. The minimum absolute atomic E-state index is 0.255. The van der Waals surface area contributed by atoms with Gasteiger partial charge in [0.05, 0.1) is 0 Å². The van der Waals surface area contributed by atoms with Crippen molar-refractivity contribution in [2.75, 3.05) is 0 Å². The molecule has 0 aliphatic carbocycles. The van der Waals surface area contributed by atoms with Crippen LogP contribution < -0.4 is 5.73 Å². The second kappa shape index (κ2) is 5.83. The van der Waals surface area contributed by atoms with Gasteiger partial charge < -0.3 is 10.3 Å². The number of hydrogen-bond acceptors (Lipinski definition) is 1. The highest BCUT2D eigenvalue weighted by Gasteiger charge is 2.09. The van der Waals surface area contributed by atoms with E-state index in [0.29, 0.717) is 12.8 Å². The molecule has 1 aromatic heterocycles. The van der Waals surface area contributed by atoms with Crippen molar-refractivity contribution in [2.24, 2.45) is 5.73 Å². The highest BCUT2D eigenvalue weighted by molar-refractivity contribution is 5.85. The van der Waals surface area contributed by atoms with Crippen molar-refractivity contribution < 1.29 is 4.79 Å². The first-order chi connectivity index (χ1) is 10.2. The molecule has 0 unspecified atom stereocenters. The zero-order valence-electron chi connectivity index (χ0n) is 11.8. The number of amides is 1. The lowest BCUT2D eigenvalue weighted by molar-refractivity contribution is -0.117. The SMILES string of the molecule is NC(=O)CCc1cn(Cc2ccccc2)c2ccccc12. The number of carbonyl (C=O) groups excluding carboxylic acids is 1. The maximum Gasteiger partial charge on any atom is 0.217 e. The molecule has 1 amide bonds. The molecule has 0 aliphatic rings. The van der Waals surface area contributed by atoms with Crippen LogP contribution in [0.2, 0.25) is 0 Å². The zero-order valence-corrected chi connectivity index (χ0v) is 11.8. The second-order valence-electron chi connectivity index (χ2n) is 5.25. The van der Waals surface area contributed by atoms with Gasteiger partial charge in [-0.1, -0.05) is 48.5 Å². The molecular weight excluding hydrogens is 260 g/mol. The van der Waals surface area contributed by atoms with Crippen LogP contribution in [0.15, 0.2) is 60.8 Å². The number of carbonyl (C=O) groups is 1. The summed E-state index contributed by atoms with van der Waals surface area (Å²) in [5.74, 6) is -0.255. The minimum atomic E-state index is -0.255. The van der Waals surface area contributed by atoms with Crippen molar-refractivity contribution in [3.63, 3.8) is 0 Å². The van der Waals surface area contributed by atoms with Crippen LogP contribution in [-0.4, -0.2) is 10.5 Å². The van der Waals surface area contributed by atoms with Crippen LogP contribution in [0, 0.1) is 0 Å². The molecule has 0 saturated carbocycles. The molecule has 106 valence electrons. The molecule has 0 saturated heterocycles. The van der Waals surface area contributed by atoms with E-state index in [4.69, 9.17) is 5.73 Å². The monoisotopic (exact) mass is 278 g/mol. The molecule has 0 atom stereocenters. The van der Waals surface area contributed by atoms with E-state index in [2.05, 4.69) is 47.2 Å². The third-order valence-electron chi connectivity index (χ3n) is 3.71. The summed E-state index contributed by atoms with van der Waals surface area (Å²) in [5.41, 5.74) is 8.91. The van der Waals surface area contributed by atoms with Crippen molar-refractivity contribution >= 4 is 16.8 Å². The van der Waals surface area contributed by atoms with E-state index in [0.717, 1.165) is 6.54 Å². The van der Waals surface area contributed by atoms with E-state index >= 15 is 0 Å². The Bertz CT molecular complexity index is 759. The van der Waals surface area contributed by atoms with E-state index in [1.807, 2.05) is 18.2 Å². The minimum Gasteiger partial charge on any atom is -0.370 e. The first-order valence-corrected chi connectivity index (χ1v) is 7.13. The number of rotatable bonds is 5. The average Bonchev–Trinajstić information content (AvgIpc) is 2.85. The van der Waals surface area contributed by atoms with Crippen LogP contribution in [-0.2, 0) is 17.8 Å². The van der Waals surface area contributed by atoms with Crippen molar-refractivity contribution in [1.82, 2.24) is 4.57 Å². The third-order valence-corrected chi connectivity index (χ3v) is 3.71. The van der Waals surface area contributed by atoms with Crippen molar-refractivity contribution in [2.45, 2.75) is 19.4 Å². The van der Waals surface area contributed by atoms with Crippen molar-refractivity contribution in [3.05, 3.63) is 71.9 Å². The van der Waals surface area contributed by atoms with Gasteiger partial charge in [0.2, 0.25) is 5.91 Å². The number of primary amides is 1. The normalized spacial score (nSPS) is 10.9. The van der Waals surface area contributed by atoms with Crippen molar-refractivity contribution in [1.29, 1.82) is 0 Å². The molecule has 3 nitrogen and oxygen atoms in total. The van der Waals surface area contributed by atoms with Crippen LogP contribution in [0.25, 0.3) is 10.9 Å². The smallest absolute Gasteiger partial charge is 0.217 e. The van der Waals surface area contributed by atoms with Gasteiger partial charge in [-0.3, -0.25) is 4.79 Å². The van der Waals surface area contributed by atoms with E-state index in [1.54, 1.807) is 0 Å². The maximum absolute atomic E-state index is 11.0. The van der Waals surface area contributed by atoms with E-state index in [9.17, 15) is 4.79 Å². The molecule has 3 rings (SSSR count). The summed E-state index contributed by atoms with van der Waals surface area (Å²) in [6.07, 6.45) is 3.22. The number of nitrogens with two attached hydrogens (primary N) is 1. The molecule has 0 spiro atoms. The van der Waals surface area contributed by atoms with Crippen LogP contribution in [0.4, 0.5) is 0 Å². The van der Waals surface area contributed by atoms with Crippen LogP contribution >= 0.6 is 0 Å². The second-order valence-corrected chi connectivity index (χ2v) is 5.25. The number of hydrogen-bond donors (Lipinski definition) is 1. The zero-order chi connectivity index (χ0) is 14.7. The molecule has 2 N–H and O–H groups in total. The number of nitrogens with zero attached hydrogens (tertiary/aromatic N) is 1. The molecule has 3 aromatic rings. The standard InChI is InChI=1S/C18H18N2O/c19-18(21)11-10-15-13-20(12-14-6-2-1-3-7-14)17-9-5-4-8-16(15)17/h1-9,13H,10-12H2,(H2,19,21). The van der Waals surface area contributed by atoms with E-state index in [-0.39, 0.29) is 5.91 Å². The summed E-state index contributed by atoms with van der Waals surface area (Å²) < 4.78 is 2.24. The third kappa shape index (κ3) is 2.97. The average molecular weight is 278 g/mol. The van der Waals surface area contributed by atoms with Gasteiger partial charge >= 0.3 is 0 Å². The summed E-state index contributed by atoms with van der Waals surface area (Å²) in [4.78, 5) is 11.0. The topological polar surface area (TPSA) is 48.0 Å².